The van der Waals surface area contributed by atoms with Crippen molar-refractivity contribution >= 4 is 12.4 Å². The van der Waals surface area contributed by atoms with Crippen LogP contribution >= 0.6 is 12.4 Å². The highest BCUT2D eigenvalue weighted by Gasteiger charge is 2.14. The zero-order valence-electron chi connectivity index (χ0n) is 11.4. The Kier molecular flexibility index (Phi) is 5.60. The van der Waals surface area contributed by atoms with Crippen molar-refractivity contribution < 1.29 is 4.74 Å². The molecule has 1 aliphatic rings. The Labute approximate surface area is 126 Å². The van der Waals surface area contributed by atoms with E-state index < -0.39 is 0 Å². The average Bonchev–Trinajstić information content (AvgIpc) is 2.44. The van der Waals surface area contributed by atoms with Crippen LogP contribution in [0.2, 0.25) is 0 Å². The molecule has 2 aromatic rings. The predicted molar refractivity (Wildman–Crippen MR) is 84.1 cm³/mol. The molecule has 1 atom stereocenters. The lowest BCUT2D eigenvalue weighted by molar-refractivity contribution is 0.0926. The van der Waals surface area contributed by atoms with Crippen LogP contribution in [0.4, 0.5) is 0 Å². The highest BCUT2D eigenvalue weighted by atomic mass is 35.5. The average molecular weight is 290 g/mol. The Morgan fingerprint density at radius 3 is 2.45 bits per heavy atom. The fraction of sp³-hybridized carbons (Fsp3) is 0.294. The van der Waals surface area contributed by atoms with E-state index in [4.69, 9.17) is 4.74 Å². The third kappa shape index (κ3) is 3.83. The van der Waals surface area contributed by atoms with Crippen molar-refractivity contribution in [1.29, 1.82) is 0 Å². The van der Waals surface area contributed by atoms with E-state index in [1.54, 1.807) is 0 Å². The Bertz CT molecular complexity index is 530. The first-order valence-corrected chi connectivity index (χ1v) is 6.83. The van der Waals surface area contributed by atoms with Gasteiger partial charge in [0.2, 0.25) is 0 Å². The summed E-state index contributed by atoms with van der Waals surface area (Å²) < 4.78 is 5.82. The van der Waals surface area contributed by atoms with E-state index in [2.05, 4.69) is 59.9 Å². The Morgan fingerprint density at radius 2 is 1.65 bits per heavy atom. The molecule has 1 heterocycles. The third-order valence-electron chi connectivity index (χ3n) is 3.60. The molecule has 1 N–H and O–H groups in total. The van der Waals surface area contributed by atoms with E-state index in [1.807, 2.05) is 0 Å². The number of fused-ring (bicyclic) bond motifs is 1. The highest BCUT2D eigenvalue weighted by molar-refractivity contribution is 5.85. The summed E-state index contributed by atoms with van der Waals surface area (Å²) in [6.07, 6.45) is 1.02. The molecule has 0 fully saturated rings. The second-order valence-electron chi connectivity index (χ2n) is 5.05. The molecule has 20 heavy (non-hydrogen) atoms. The number of halogens is 1. The molecule has 2 aromatic carbocycles. The van der Waals surface area contributed by atoms with Crippen LogP contribution in [-0.4, -0.2) is 12.6 Å². The molecular formula is C17H20ClNO. The van der Waals surface area contributed by atoms with Gasteiger partial charge in [0.05, 0.1) is 13.2 Å². The molecule has 0 spiro atoms. The van der Waals surface area contributed by atoms with Gasteiger partial charge in [-0.2, -0.15) is 0 Å². The minimum Gasteiger partial charge on any atom is -0.375 e. The minimum absolute atomic E-state index is 0. The van der Waals surface area contributed by atoms with Crippen molar-refractivity contribution in [3.8, 4) is 0 Å². The summed E-state index contributed by atoms with van der Waals surface area (Å²) in [6.45, 7) is 2.42. The molecule has 0 saturated heterocycles. The molecule has 0 aliphatic carbocycles. The van der Waals surface area contributed by atoms with Crippen molar-refractivity contribution in [2.24, 2.45) is 0 Å². The minimum atomic E-state index is 0. The summed E-state index contributed by atoms with van der Waals surface area (Å²) in [6, 6.07) is 19.5. The van der Waals surface area contributed by atoms with Crippen LogP contribution in [0.15, 0.2) is 54.6 Å². The van der Waals surface area contributed by atoms with Crippen LogP contribution < -0.4 is 5.32 Å². The molecule has 106 valence electrons. The third-order valence-corrected chi connectivity index (χ3v) is 3.60. The zero-order chi connectivity index (χ0) is 12.9. The first-order valence-electron chi connectivity index (χ1n) is 6.83. The summed E-state index contributed by atoms with van der Waals surface area (Å²) in [7, 11) is 0. The fourth-order valence-electron chi connectivity index (χ4n) is 2.52. The number of ether oxygens (including phenoxy) is 1. The van der Waals surface area contributed by atoms with E-state index in [0.717, 1.165) is 26.2 Å². The summed E-state index contributed by atoms with van der Waals surface area (Å²) in [4.78, 5) is 0. The van der Waals surface area contributed by atoms with Gasteiger partial charge in [-0.05, 0) is 23.1 Å². The van der Waals surface area contributed by atoms with Gasteiger partial charge in [-0.3, -0.25) is 0 Å². The molecule has 0 saturated carbocycles. The van der Waals surface area contributed by atoms with Crippen molar-refractivity contribution in [2.45, 2.75) is 25.6 Å². The van der Waals surface area contributed by atoms with Crippen molar-refractivity contribution in [1.82, 2.24) is 5.32 Å². The molecule has 0 aromatic heterocycles. The summed E-state index contributed by atoms with van der Waals surface area (Å²) >= 11 is 0. The molecular weight excluding hydrogens is 270 g/mol. The second kappa shape index (κ2) is 7.44. The largest absolute Gasteiger partial charge is 0.375 e. The molecule has 1 aliphatic heterocycles. The van der Waals surface area contributed by atoms with Gasteiger partial charge in [0.1, 0.15) is 0 Å². The summed E-state index contributed by atoms with van der Waals surface area (Å²) in [5.74, 6) is 0. The van der Waals surface area contributed by atoms with Gasteiger partial charge in [0.15, 0.2) is 0 Å². The van der Waals surface area contributed by atoms with E-state index >= 15 is 0 Å². The van der Waals surface area contributed by atoms with E-state index in [-0.39, 0.29) is 12.4 Å². The molecule has 1 unspecified atom stereocenters. The van der Waals surface area contributed by atoms with Gasteiger partial charge in [0.25, 0.3) is 0 Å². The van der Waals surface area contributed by atoms with Gasteiger partial charge in [-0.1, -0.05) is 54.6 Å². The maximum atomic E-state index is 5.82. The van der Waals surface area contributed by atoms with Crippen LogP contribution in [0.5, 0.6) is 0 Å². The first-order chi connectivity index (χ1) is 9.42. The standard InChI is InChI=1S/C17H19NO.ClH/c1-2-6-14(7-3-1)10-17-13-19-12-16-9-5-4-8-15(16)11-18-17;/h1-9,17-18H,10-13H2;1H. The smallest absolute Gasteiger partial charge is 0.0720 e. The molecule has 3 rings (SSSR count). The van der Waals surface area contributed by atoms with Crippen LogP contribution in [-0.2, 0) is 24.3 Å². The molecule has 0 amide bonds. The lowest BCUT2D eigenvalue weighted by atomic mass is 10.0. The quantitative estimate of drug-likeness (QED) is 0.915. The SMILES string of the molecule is Cl.c1ccc(CC2COCc3ccccc3CN2)cc1. The van der Waals surface area contributed by atoms with Gasteiger partial charge in [-0.25, -0.2) is 0 Å². The molecule has 0 radical (unpaired) electrons. The van der Waals surface area contributed by atoms with Gasteiger partial charge >= 0.3 is 0 Å². The number of benzene rings is 2. The molecule has 3 heteroatoms. The normalized spacial score (nSPS) is 18.3. The van der Waals surface area contributed by atoms with Crippen LogP contribution in [0.3, 0.4) is 0 Å². The second-order valence-corrected chi connectivity index (χ2v) is 5.05. The Balaban J connectivity index is 0.00000147. The number of hydrogen-bond donors (Lipinski definition) is 1. The number of rotatable bonds is 2. The van der Waals surface area contributed by atoms with Crippen LogP contribution in [0, 0.1) is 0 Å². The lowest BCUT2D eigenvalue weighted by Gasteiger charge is -2.23. The van der Waals surface area contributed by atoms with Gasteiger partial charge in [-0.15, -0.1) is 12.4 Å². The van der Waals surface area contributed by atoms with Crippen LogP contribution in [0.1, 0.15) is 16.7 Å². The van der Waals surface area contributed by atoms with Crippen molar-refractivity contribution in [3.05, 3.63) is 71.3 Å². The van der Waals surface area contributed by atoms with Gasteiger partial charge < -0.3 is 10.1 Å². The summed E-state index contributed by atoms with van der Waals surface area (Å²) in [5, 5.41) is 3.60. The van der Waals surface area contributed by atoms with Gasteiger partial charge in [0, 0.05) is 12.6 Å². The fourth-order valence-corrected chi connectivity index (χ4v) is 2.52. The zero-order valence-corrected chi connectivity index (χ0v) is 12.2. The molecule has 0 bridgehead atoms. The van der Waals surface area contributed by atoms with Crippen molar-refractivity contribution in [3.63, 3.8) is 0 Å². The van der Waals surface area contributed by atoms with Crippen LogP contribution in [0.25, 0.3) is 0 Å². The topological polar surface area (TPSA) is 21.3 Å². The van der Waals surface area contributed by atoms with E-state index in [9.17, 15) is 0 Å². The predicted octanol–water partition coefficient (Wildman–Crippen LogP) is 3.34. The lowest BCUT2D eigenvalue weighted by Crippen LogP contribution is -2.36. The van der Waals surface area contributed by atoms with Crippen molar-refractivity contribution in [2.75, 3.05) is 6.61 Å². The molecule has 2 nitrogen and oxygen atoms in total. The first kappa shape index (κ1) is 15.0. The maximum absolute atomic E-state index is 5.82. The summed E-state index contributed by atoms with van der Waals surface area (Å²) in [5.41, 5.74) is 4.01. The number of hydrogen-bond acceptors (Lipinski definition) is 2. The highest BCUT2D eigenvalue weighted by Crippen LogP contribution is 2.14. The Hall–Kier alpha value is -1.35. The Morgan fingerprint density at radius 1 is 0.950 bits per heavy atom. The van der Waals surface area contributed by atoms with E-state index in [0.29, 0.717) is 6.04 Å². The number of nitrogens with one attached hydrogen (secondary N) is 1. The maximum Gasteiger partial charge on any atom is 0.0720 e. The van der Waals surface area contributed by atoms with E-state index in [1.165, 1.54) is 16.7 Å². The monoisotopic (exact) mass is 289 g/mol.